The lowest BCUT2D eigenvalue weighted by Gasteiger charge is -2.27. The van der Waals surface area contributed by atoms with Crippen molar-refractivity contribution in [3.63, 3.8) is 0 Å². The van der Waals surface area contributed by atoms with E-state index in [9.17, 15) is 4.79 Å². The second-order valence-corrected chi connectivity index (χ2v) is 6.87. The number of benzene rings is 2. The zero-order valence-corrected chi connectivity index (χ0v) is 16.0. The van der Waals surface area contributed by atoms with Gasteiger partial charge in [0, 0.05) is 5.56 Å². The zero-order chi connectivity index (χ0) is 18.5. The minimum Gasteiger partial charge on any atom is -0.496 e. The first-order valence-electron chi connectivity index (χ1n) is 8.52. The number of amides is 1. The molecule has 1 unspecified atom stereocenters. The minimum absolute atomic E-state index is 0.0965. The smallest absolute Gasteiger partial charge is 0.234 e. The minimum atomic E-state index is -0.164. The Morgan fingerprint density at radius 3 is 2.35 bits per heavy atom. The summed E-state index contributed by atoms with van der Waals surface area (Å²) in [6, 6.07) is 13.5. The van der Waals surface area contributed by atoms with E-state index < -0.39 is 0 Å². The maximum Gasteiger partial charge on any atom is 0.234 e. The number of nitrogens with zero attached hydrogens (tertiary/aromatic N) is 1. The van der Waals surface area contributed by atoms with Gasteiger partial charge in [0.2, 0.25) is 5.91 Å². The van der Waals surface area contributed by atoms with Gasteiger partial charge in [-0.25, -0.2) is 0 Å². The van der Waals surface area contributed by atoms with E-state index in [1.54, 1.807) is 26.0 Å². The molecule has 1 amide bonds. The number of para-hydroxylation sites is 1. The monoisotopic (exact) mass is 373 g/mol. The lowest BCUT2D eigenvalue weighted by atomic mass is 10.1. The standard InChI is InChI=1S/C20H23NO4S/c1-4-25-15-9-6-5-8-14(15)12-21-18(22)13-26-20(21)19-16(23-2)10-7-11-17(19)24-3/h5-11,20H,4,12-13H2,1-3H3. The Kier molecular flexibility index (Phi) is 5.93. The van der Waals surface area contributed by atoms with Crippen LogP contribution in [0.2, 0.25) is 0 Å². The van der Waals surface area contributed by atoms with Crippen LogP contribution in [-0.2, 0) is 11.3 Å². The van der Waals surface area contributed by atoms with E-state index in [-0.39, 0.29) is 11.3 Å². The number of hydrogen-bond donors (Lipinski definition) is 0. The second kappa shape index (κ2) is 8.36. The quantitative estimate of drug-likeness (QED) is 0.737. The third-order valence-corrected chi connectivity index (χ3v) is 5.51. The first-order valence-corrected chi connectivity index (χ1v) is 9.57. The summed E-state index contributed by atoms with van der Waals surface area (Å²) < 4.78 is 16.8. The third kappa shape index (κ3) is 3.60. The van der Waals surface area contributed by atoms with Crippen molar-refractivity contribution < 1.29 is 19.0 Å². The second-order valence-electron chi connectivity index (χ2n) is 5.80. The molecule has 1 heterocycles. The number of ether oxygens (including phenoxy) is 3. The van der Waals surface area contributed by atoms with Crippen LogP contribution in [-0.4, -0.2) is 37.4 Å². The number of thioether (sulfide) groups is 1. The number of carbonyl (C=O) groups excluding carboxylic acids is 1. The zero-order valence-electron chi connectivity index (χ0n) is 15.2. The van der Waals surface area contributed by atoms with Crippen molar-refractivity contribution in [3.8, 4) is 17.2 Å². The van der Waals surface area contributed by atoms with Gasteiger partial charge < -0.3 is 19.1 Å². The van der Waals surface area contributed by atoms with Crippen molar-refractivity contribution >= 4 is 17.7 Å². The Bertz CT molecular complexity index is 758. The highest BCUT2D eigenvalue weighted by Crippen LogP contribution is 2.47. The highest BCUT2D eigenvalue weighted by atomic mass is 32.2. The van der Waals surface area contributed by atoms with Crippen molar-refractivity contribution in [1.82, 2.24) is 4.90 Å². The molecule has 138 valence electrons. The summed E-state index contributed by atoms with van der Waals surface area (Å²) in [5.41, 5.74) is 1.88. The van der Waals surface area contributed by atoms with Crippen molar-refractivity contribution in [2.75, 3.05) is 26.6 Å². The Morgan fingerprint density at radius 1 is 1.04 bits per heavy atom. The highest BCUT2D eigenvalue weighted by Gasteiger charge is 2.36. The van der Waals surface area contributed by atoms with Crippen molar-refractivity contribution in [2.45, 2.75) is 18.8 Å². The summed E-state index contributed by atoms with van der Waals surface area (Å²) >= 11 is 1.58. The summed E-state index contributed by atoms with van der Waals surface area (Å²) in [7, 11) is 3.27. The van der Waals surface area contributed by atoms with E-state index in [0.29, 0.717) is 18.9 Å². The molecule has 6 heteroatoms. The topological polar surface area (TPSA) is 48.0 Å². The fourth-order valence-electron chi connectivity index (χ4n) is 3.10. The average Bonchev–Trinajstić information content (AvgIpc) is 3.03. The molecule has 0 aliphatic carbocycles. The molecule has 3 rings (SSSR count). The van der Waals surface area contributed by atoms with Crippen LogP contribution in [0.4, 0.5) is 0 Å². The highest BCUT2D eigenvalue weighted by molar-refractivity contribution is 8.00. The molecule has 2 aromatic rings. The predicted octanol–water partition coefficient (Wildman–Crippen LogP) is 3.88. The molecular formula is C20H23NO4S. The average molecular weight is 373 g/mol. The van der Waals surface area contributed by atoms with Gasteiger partial charge in [0.1, 0.15) is 22.6 Å². The predicted molar refractivity (Wildman–Crippen MR) is 103 cm³/mol. The molecule has 0 bridgehead atoms. The molecule has 1 saturated heterocycles. The van der Waals surface area contributed by atoms with E-state index in [1.807, 2.05) is 54.3 Å². The van der Waals surface area contributed by atoms with Gasteiger partial charge in [0.15, 0.2) is 0 Å². The molecule has 0 aromatic heterocycles. The molecule has 5 nitrogen and oxygen atoms in total. The van der Waals surface area contributed by atoms with Gasteiger partial charge in [-0.3, -0.25) is 4.79 Å². The lowest BCUT2D eigenvalue weighted by Crippen LogP contribution is -2.28. The summed E-state index contributed by atoms with van der Waals surface area (Å²) in [5.74, 6) is 2.78. The van der Waals surface area contributed by atoms with Crippen molar-refractivity contribution in [1.29, 1.82) is 0 Å². The van der Waals surface area contributed by atoms with Crippen LogP contribution >= 0.6 is 11.8 Å². The largest absolute Gasteiger partial charge is 0.496 e. The van der Waals surface area contributed by atoms with Gasteiger partial charge in [0.25, 0.3) is 0 Å². The first kappa shape index (κ1) is 18.5. The molecule has 0 N–H and O–H groups in total. The van der Waals surface area contributed by atoms with Gasteiger partial charge in [-0.05, 0) is 25.1 Å². The first-order chi connectivity index (χ1) is 12.7. The number of rotatable bonds is 7. The van der Waals surface area contributed by atoms with Gasteiger partial charge in [0.05, 0.1) is 38.7 Å². The van der Waals surface area contributed by atoms with Gasteiger partial charge >= 0.3 is 0 Å². The maximum absolute atomic E-state index is 12.6. The SMILES string of the molecule is CCOc1ccccc1CN1C(=O)CSC1c1c(OC)cccc1OC. The molecule has 0 saturated carbocycles. The summed E-state index contributed by atoms with van der Waals surface area (Å²) in [4.78, 5) is 14.5. The van der Waals surface area contributed by atoms with E-state index in [0.717, 1.165) is 28.4 Å². The molecule has 1 fully saturated rings. The van der Waals surface area contributed by atoms with Crippen LogP contribution in [0, 0.1) is 0 Å². The lowest BCUT2D eigenvalue weighted by molar-refractivity contribution is -0.128. The maximum atomic E-state index is 12.6. The van der Waals surface area contributed by atoms with Crippen LogP contribution < -0.4 is 14.2 Å². The molecular weight excluding hydrogens is 350 g/mol. The van der Waals surface area contributed by atoms with E-state index >= 15 is 0 Å². The van der Waals surface area contributed by atoms with Crippen LogP contribution in [0.25, 0.3) is 0 Å². The number of carbonyl (C=O) groups is 1. The Hall–Kier alpha value is -2.34. The molecule has 1 atom stereocenters. The number of methoxy groups -OCH3 is 2. The van der Waals surface area contributed by atoms with E-state index in [1.165, 1.54) is 0 Å². The molecule has 1 aliphatic heterocycles. The molecule has 2 aromatic carbocycles. The summed E-state index contributed by atoms with van der Waals surface area (Å²) in [6.45, 7) is 3.02. The van der Waals surface area contributed by atoms with Gasteiger partial charge in [-0.2, -0.15) is 0 Å². The van der Waals surface area contributed by atoms with Gasteiger partial charge in [-0.15, -0.1) is 11.8 Å². The van der Waals surface area contributed by atoms with Crippen LogP contribution in [0.5, 0.6) is 17.2 Å². The van der Waals surface area contributed by atoms with Crippen molar-refractivity contribution in [2.24, 2.45) is 0 Å². The summed E-state index contributed by atoms with van der Waals surface area (Å²) in [5, 5.41) is -0.164. The van der Waals surface area contributed by atoms with Crippen LogP contribution in [0.1, 0.15) is 23.4 Å². The third-order valence-electron chi connectivity index (χ3n) is 4.29. The Labute approximate surface area is 158 Å². The number of hydrogen-bond acceptors (Lipinski definition) is 5. The molecule has 0 spiro atoms. The normalized spacial score (nSPS) is 16.7. The van der Waals surface area contributed by atoms with Gasteiger partial charge in [-0.1, -0.05) is 24.3 Å². The Morgan fingerprint density at radius 2 is 1.69 bits per heavy atom. The molecule has 0 radical (unpaired) electrons. The fraction of sp³-hybridized carbons (Fsp3) is 0.350. The summed E-state index contributed by atoms with van der Waals surface area (Å²) in [6.07, 6.45) is 0. The molecule has 26 heavy (non-hydrogen) atoms. The fourth-order valence-corrected chi connectivity index (χ4v) is 4.34. The van der Waals surface area contributed by atoms with Crippen molar-refractivity contribution in [3.05, 3.63) is 53.6 Å². The molecule has 1 aliphatic rings. The Balaban J connectivity index is 1.96. The van der Waals surface area contributed by atoms with Crippen LogP contribution in [0.3, 0.4) is 0 Å². The van der Waals surface area contributed by atoms with Crippen LogP contribution in [0.15, 0.2) is 42.5 Å². The van der Waals surface area contributed by atoms with E-state index in [4.69, 9.17) is 14.2 Å². The van der Waals surface area contributed by atoms with E-state index in [2.05, 4.69) is 0 Å².